The van der Waals surface area contributed by atoms with E-state index in [2.05, 4.69) is 38.4 Å². The molecule has 0 aliphatic carbocycles. The molecule has 0 aromatic heterocycles. The van der Waals surface area contributed by atoms with Crippen LogP contribution >= 0.6 is 31.9 Å². The molecule has 0 fully saturated rings. The topological polar surface area (TPSA) is 26.3 Å². The molecule has 0 amide bonds. The summed E-state index contributed by atoms with van der Waals surface area (Å²) < 4.78 is 6.63. The van der Waals surface area contributed by atoms with E-state index in [0.29, 0.717) is 11.3 Å². The van der Waals surface area contributed by atoms with E-state index in [-0.39, 0.29) is 0 Å². The van der Waals surface area contributed by atoms with E-state index in [1.54, 1.807) is 19.1 Å². The van der Waals surface area contributed by atoms with Crippen molar-refractivity contribution in [2.75, 3.05) is 0 Å². The fraction of sp³-hybridized carbons (Fsp3) is 0.100. The first-order chi connectivity index (χ1) is 6.52. The van der Waals surface area contributed by atoms with Gasteiger partial charge in [-0.3, -0.25) is 0 Å². The lowest BCUT2D eigenvalue weighted by atomic mass is 10.3. The summed E-state index contributed by atoms with van der Waals surface area (Å²) in [6.07, 6.45) is 0. The summed E-state index contributed by atoms with van der Waals surface area (Å²) in [5, 5.41) is 0. The minimum atomic E-state index is -0.427. The predicted octanol–water partition coefficient (Wildman–Crippen LogP) is 3.69. The molecule has 2 nitrogen and oxygen atoms in total. The molecular formula is C10H8Br2O2. The van der Waals surface area contributed by atoms with Crippen molar-refractivity contribution in [3.8, 4) is 5.75 Å². The van der Waals surface area contributed by atoms with Gasteiger partial charge in [-0.15, -0.1) is 0 Å². The fourth-order valence-corrected chi connectivity index (χ4v) is 1.44. The van der Waals surface area contributed by atoms with E-state index in [1.807, 2.05) is 6.07 Å². The number of halogens is 2. The Kier molecular flexibility index (Phi) is 3.89. The summed E-state index contributed by atoms with van der Waals surface area (Å²) in [6, 6.07) is 5.34. The molecule has 0 unspecified atom stereocenters. The Bertz CT molecular complexity index is 386. The minimum absolute atomic E-state index is 0.372. The first-order valence-electron chi connectivity index (χ1n) is 3.84. The monoisotopic (exact) mass is 318 g/mol. The maximum atomic E-state index is 11.2. The van der Waals surface area contributed by atoms with Crippen molar-refractivity contribution in [1.29, 1.82) is 0 Å². The van der Waals surface area contributed by atoms with Crippen LogP contribution in [0.2, 0.25) is 0 Å². The summed E-state index contributed by atoms with van der Waals surface area (Å²) >= 11 is 6.62. The molecule has 1 aromatic carbocycles. The molecule has 0 heterocycles. The molecule has 4 heteroatoms. The van der Waals surface area contributed by atoms with Gasteiger partial charge in [0.15, 0.2) is 0 Å². The molecular weight excluding hydrogens is 312 g/mol. The number of carbonyl (C=O) groups excluding carboxylic acids is 1. The van der Waals surface area contributed by atoms with Gasteiger partial charge in [-0.25, -0.2) is 4.79 Å². The van der Waals surface area contributed by atoms with Gasteiger partial charge in [0.1, 0.15) is 5.75 Å². The summed E-state index contributed by atoms with van der Waals surface area (Å²) in [5.74, 6) is 0.0520. The third kappa shape index (κ3) is 2.69. The van der Waals surface area contributed by atoms with Gasteiger partial charge in [-0.05, 0) is 50.9 Å². The second-order valence-electron chi connectivity index (χ2n) is 2.72. The van der Waals surface area contributed by atoms with Crippen LogP contribution in [0.3, 0.4) is 0 Å². The molecule has 0 saturated heterocycles. The molecule has 0 aliphatic rings. The van der Waals surface area contributed by atoms with E-state index in [0.717, 1.165) is 8.95 Å². The summed E-state index contributed by atoms with van der Waals surface area (Å²) in [6.45, 7) is 5.11. The molecule has 0 radical (unpaired) electrons. The average Bonchev–Trinajstić information content (AvgIpc) is 2.12. The zero-order valence-electron chi connectivity index (χ0n) is 7.51. The molecule has 0 aliphatic heterocycles. The van der Waals surface area contributed by atoms with Gasteiger partial charge in [-0.1, -0.05) is 12.6 Å². The lowest BCUT2D eigenvalue weighted by molar-refractivity contribution is -0.130. The van der Waals surface area contributed by atoms with Crippen molar-refractivity contribution < 1.29 is 9.53 Å². The van der Waals surface area contributed by atoms with Crippen LogP contribution in [0.5, 0.6) is 5.75 Å². The molecule has 1 rings (SSSR count). The Balaban J connectivity index is 2.93. The molecule has 1 aromatic rings. The zero-order chi connectivity index (χ0) is 10.7. The van der Waals surface area contributed by atoms with Crippen molar-refractivity contribution >= 4 is 37.8 Å². The standard InChI is InChI=1S/C10H8Br2O2/c1-6(2)10(13)14-8-5-3-4-7(11)9(8)12/h3-5H,1H2,2H3. The van der Waals surface area contributed by atoms with Crippen LogP contribution in [0.15, 0.2) is 39.3 Å². The van der Waals surface area contributed by atoms with E-state index in [9.17, 15) is 4.79 Å². The molecule has 0 saturated carbocycles. The van der Waals surface area contributed by atoms with Gasteiger partial charge in [0.05, 0.1) is 4.47 Å². The van der Waals surface area contributed by atoms with Crippen molar-refractivity contribution in [1.82, 2.24) is 0 Å². The SMILES string of the molecule is C=C(C)C(=O)Oc1cccc(Br)c1Br. The number of carbonyl (C=O) groups is 1. The van der Waals surface area contributed by atoms with Crippen LogP contribution in [0.1, 0.15) is 6.92 Å². The van der Waals surface area contributed by atoms with Crippen LogP contribution in [-0.2, 0) is 4.79 Å². The lowest BCUT2D eigenvalue weighted by Gasteiger charge is -2.06. The molecule has 74 valence electrons. The van der Waals surface area contributed by atoms with E-state index < -0.39 is 5.97 Å². The average molecular weight is 320 g/mol. The van der Waals surface area contributed by atoms with E-state index >= 15 is 0 Å². The highest BCUT2D eigenvalue weighted by atomic mass is 79.9. The van der Waals surface area contributed by atoms with Crippen molar-refractivity contribution in [3.63, 3.8) is 0 Å². The smallest absolute Gasteiger partial charge is 0.338 e. The van der Waals surface area contributed by atoms with Crippen LogP contribution in [0.4, 0.5) is 0 Å². The van der Waals surface area contributed by atoms with Crippen molar-refractivity contribution in [2.45, 2.75) is 6.92 Å². The number of esters is 1. The minimum Gasteiger partial charge on any atom is -0.422 e. The Morgan fingerprint density at radius 3 is 2.64 bits per heavy atom. The second kappa shape index (κ2) is 4.75. The zero-order valence-corrected chi connectivity index (χ0v) is 10.7. The van der Waals surface area contributed by atoms with E-state index in [1.165, 1.54) is 0 Å². The van der Waals surface area contributed by atoms with Crippen LogP contribution in [0.25, 0.3) is 0 Å². The summed E-state index contributed by atoms with van der Waals surface area (Å²) in [4.78, 5) is 11.2. The number of rotatable bonds is 2. The molecule has 14 heavy (non-hydrogen) atoms. The maximum absolute atomic E-state index is 11.2. The van der Waals surface area contributed by atoms with Gasteiger partial charge in [0.25, 0.3) is 0 Å². The maximum Gasteiger partial charge on any atom is 0.338 e. The number of hydrogen-bond donors (Lipinski definition) is 0. The van der Waals surface area contributed by atoms with Gasteiger partial charge in [0.2, 0.25) is 0 Å². The van der Waals surface area contributed by atoms with Crippen LogP contribution in [-0.4, -0.2) is 5.97 Å². The number of benzene rings is 1. The third-order valence-corrected chi connectivity index (χ3v) is 3.48. The molecule has 0 N–H and O–H groups in total. The fourth-order valence-electron chi connectivity index (χ4n) is 0.750. The van der Waals surface area contributed by atoms with Gasteiger partial charge in [-0.2, -0.15) is 0 Å². The quantitative estimate of drug-likeness (QED) is 0.472. The van der Waals surface area contributed by atoms with Gasteiger partial charge in [0, 0.05) is 10.0 Å². The predicted molar refractivity (Wildman–Crippen MR) is 62.3 cm³/mol. The number of ether oxygens (including phenoxy) is 1. The highest BCUT2D eigenvalue weighted by Crippen LogP contribution is 2.32. The third-order valence-electron chi connectivity index (χ3n) is 1.47. The first kappa shape index (κ1) is 11.5. The Hall–Kier alpha value is -0.610. The largest absolute Gasteiger partial charge is 0.422 e. The second-order valence-corrected chi connectivity index (χ2v) is 4.37. The van der Waals surface area contributed by atoms with Crippen LogP contribution in [0, 0.1) is 0 Å². The van der Waals surface area contributed by atoms with Crippen molar-refractivity contribution in [3.05, 3.63) is 39.3 Å². The van der Waals surface area contributed by atoms with E-state index in [4.69, 9.17) is 4.74 Å². The molecule has 0 spiro atoms. The van der Waals surface area contributed by atoms with Gasteiger partial charge < -0.3 is 4.74 Å². The van der Waals surface area contributed by atoms with Crippen molar-refractivity contribution in [2.24, 2.45) is 0 Å². The first-order valence-corrected chi connectivity index (χ1v) is 5.42. The highest BCUT2D eigenvalue weighted by Gasteiger charge is 2.09. The Labute approximate surface area is 99.2 Å². The summed E-state index contributed by atoms with van der Waals surface area (Å²) in [7, 11) is 0. The Morgan fingerprint density at radius 1 is 1.43 bits per heavy atom. The molecule has 0 atom stereocenters. The highest BCUT2D eigenvalue weighted by molar-refractivity contribution is 9.13. The summed E-state index contributed by atoms with van der Waals surface area (Å²) in [5.41, 5.74) is 0.372. The molecule has 0 bridgehead atoms. The normalized spacial score (nSPS) is 9.64. The van der Waals surface area contributed by atoms with Gasteiger partial charge >= 0.3 is 5.97 Å². The Morgan fingerprint density at radius 2 is 2.07 bits per heavy atom. The lowest BCUT2D eigenvalue weighted by Crippen LogP contribution is -2.08. The van der Waals surface area contributed by atoms with Crippen LogP contribution < -0.4 is 4.74 Å². The number of hydrogen-bond acceptors (Lipinski definition) is 2.